The molecule has 0 aliphatic heterocycles. The van der Waals surface area contributed by atoms with Crippen LogP contribution in [0.3, 0.4) is 0 Å². The van der Waals surface area contributed by atoms with Crippen LogP contribution in [0.4, 0.5) is 4.39 Å². The molecule has 1 atom stereocenters. The maximum absolute atomic E-state index is 13.3. The molecule has 134 valence electrons. The molecule has 1 unspecified atom stereocenters. The molecule has 3 saturated carbocycles. The number of fused-ring (bicyclic) bond motifs is 3. The van der Waals surface area contributed by atoms with Crippen molar-refractivity contribution in [3.63, 3.8) is 0 Å². The lowest BCUT2D eigenvalue weighted by Crippen LogP contribution is -2.68. The van der Waals surface area contributed by atoms with Gasteiger partial charge in [-0.25, -0.2) is 4.39 Å². The molecule has 3 aliphatic rings. The SMILES string of the molecule is Cl.NC12CCC(NC(=O)COc3ccc(Cl)c(F)c3)(CC1)CC2O. The molecule has 1 amide bonds. The van der Waals surface area contributed by atoms with Crippen LogP contribution in [0.25, 0.3) is 0 Å². The first-order valence-corrected chi connectivity index (χ1v) is 8.06. The second-order valence-corrected chi connectivity index (χ2v) is 7.05. The van der Waals surface area contributed by atoms with E-state index in [2.05, 4.69) is 5.32 Å². The summed E-state index contributed by atoms with van der Waals surface area (Å²) in [4.78, 5) is 12.1. The van der Waals surface area contributed by atoms with E-state index in [0.717, 1.165) is 18.9 Å². The zero-order chi connectivity index (χ0) is 16.7. The summed E-state index contributed by atoms with van der Waals surface area (Å²) in [6.45, 7) is -0.216. The van der Waals surface area contributed by atoms with Gasteiger partial charge in [-0.1, -0.05) is 11.6 Å². The Balaban J connectivity index is 0.00000208. The van der Waals surface area contributed by atoms with E-state index in [-0.39, 0.29) is 35.7 Å². The van der Waals surface area contributed by atoms with Crippen molar-refractivity contribution in [3.05, 3.63) is 29.0 Å². The summed E-state index contributed by atoms with van der Waals surface area (Å²) in [6, 6.07) is 4.02. The van der Waals surface area contributed by atoms with Gasteiger partial charge in [-0.3, -0.25) is 4.79 Å². The average Bonchev–Trinajstić information content (AvgIpc) is 2.51. The Labute approximate surface area is 151 Å². The van der Waals surface area contributed by atoms with Gasteiger partial charge in [-0.15, -0.1) is 12.4 Å². The highest BCUT2D eigenvalue weighted by molar-refractivity contribution is 6.30. The zero-order valence-electron chi connectivity index (χ0n) is 13.1. The first-order valence-electron chi connectivity index (χ1n) is 7.68. The minimum absolute atomic E-state index is 0. The van der Waals surface area contributed by atoms with Gasteiger partial charge >= 0.3 is 0 Å². The van der Waals surface area contributed by atoms with E-state index in [0.29, 0.717) is 19.3 Å². The summed E-state index contributed by atoms with van der Waals surface area (Å²) in [5, 5.41) is 13.1. The molecule has 8 heteroatoms. The topological polar surface area (TPSA) is 84.6 Å². The number of aliphatic hydroxyl groups excluding tert-OH is 1. The minimum atomic E-state index is -0.600. The highest BCUT2D eigenvalue weighted by atomic mass is 35.5. The lowest BCUT2D eigenvalue weighted by Gasteiger charge is -2.54. The minimum Gasteiger partial charge on any atom is -0.484 e. The summed E-state index contributed by atoms with van der Waals surface area (Å²) >= 11 is 5.59. The van der Waals surface area contributed by atoms with E-state index in [1.165, 1.54) is 12.1 Å². The van der Waals surface area contributed by atoms with E-state index >= 15 is 0 Å². The quantitative estimate of drug-likeness (QED) is 0.749. The summed E-state index contributed by atoms with van der Waals surface area (Å²) < 4.78 is 18.6. The molecule has 4 rings (SSSR count). The van der Waals surface area contributed by atoms with Crippen molar-refractivity contribution >= 4 is 29.9 Å². The molecule has 0 heterocycles. The summed E-state index contributed by atoms with van der Waals surface area (Å²) in [5.41, 5.74) is 5.24. The number of carbonyl (C=O) groups is 1. The predicted molar refractivity (Wildman–Crippen MR) is 91.0 cm³/mol. The fraction of sp³-hybridized carbons (Fsp3) is 0.562. The number of nitrogens with two attached hydrogens (primary N) is 1. The van der Waals surface area contributed by atoms with Gasteiger partial charge in [0.15, 0.2) is 6.61 Å². The summed E-state index contributed by atoms with van der Waals surface area (Å²) in [5.74, 6) is -0.642. The highest BCUT2D eigenvalue weighted by Gasteiger charge is 2.52. The van der Waals surface area contributed by atoms with E-state index in [1.54, 1.807) is 0 Å². The highest BCUT2D eigenvalue weighted by Crippen LogP contribution is 2.45. The fourth-order valence-electron chi connectivity index (χ4n) is 3.53. The monoisotopic (exact) mass is 378 g/mol. The van der Waals surface area contributed by atoms with Crippen LogP contribution in [0, 0.1) is 5.82 Å². The summed E-state index contributed by atoms with van der Waals surface area (Å²) in [7, 11) is 0. The van der Waals surface area contributed by atoms with Gasteiger partial charge in [0.1, 0.15) is 11.6 Å². The van der Waals surface area contributed by atoms with Crippen molar-refractivity contribution in [2.24, 2.45) is 5.73 Å². The number of halogens is 3. The van der Waals surface area contributed by atoms with Gasteiger partial charge in [0.25, 0.3) is 5.91 Å². The molecule has 1 aromatic rings. The number of hydrogen-bond donors (Lipinski definition) is 3. The third-order valence-corrected chi connectivity index (χ3v) is 5.36. The van der Waals surface area contributed by atoms with E-state index < -0.39 is 23.0 Å². The molecule has 4 N–H and O–H groups in total. The molecule has 0 radical (unpaired) electrons. The first kappa shape index (κ1) is 19.2. The molecule has 5 nitrogen and oxygen atoms in total. The maximum Gasteiger partial charge on any atom is 0.258 e. The third kappa shape index (κ3) is 3.77. The normalized spacial score (nSPS) is 31.2. The van der Waals surface area contributed by atoms with Crippen molar-refractivity contribution < 1.29 is 19.0 Å². The molecule has 24 heavy (non-hydrogen) atoms. The van der Waals surface area contributed by atoms with Crippen molar-refractivity contribution in [1.29, 1.82) is 0 Å². The van der Waals surface area contributed by atoms with Crippen LogP contribution in [-0.2, 0) is 4.79 Å². The Morgan fingerprint density at radius 3 is 2.67 bits per heavy atom. The molecule has 3 aliphatic carbocycles. The Bertz CT molecular complexity index is 621. The second kappa shape index (κ2) is 7.04. The molecule has 0 aromatic heterocycles. The Morgan fingerprint density at radius 2 is 2.08 bits per heavy atom. The van der Waals surface area contributed by atoms with Gasteiger partial charge in [0, 0.05) is 17.1 Å². The average molecular weight is 379 g/mol. The molecular formula is C16H21Cl2FN2O3. The van der Waals surface area contributed by atoms with E-state index in [9.17, 15) is 14.3 Å². The number of nitrogens with one attached hydrogen (secondary N) is 1. The zero-order valence-corrected chi connectivity index (χ0v) is 14.6. The van der Waals surface area contributed by atoms with Gasteiger partial charge in [-0.2, -0.15) is 0 Å². The molecular weight excluding hydrogens is 358 g/mol. The van der Waals surface area contributed by atoms with Crippen LogP contribution < -0.4 is 15.8 Å². The van der Waals surface area contributed by atoms with Crippen LogP contribution in [0.15, 0.2) is 18.2 Å². The fourth-order valence-corrected chi connectivity index (χ4v) is 3.65. The molecule has 0 saturated heterocycles. The van der Waals surface area contributed by atoms with Crippen LogP contribution in [0.1, 0.15) is 32.1 Å². The predicted octanol–water partition coefficient (Wildman–Crippen LogP) is 2.17. The number of benzene rings is 1. The lowest BCUT2D eigenvalue weighted by molar-refractivity contribution is -0.128. The molecule has 3 fully saturated rings. The van der Waals surface area contributed by atoms with Gasteiger partial charge in [-0.05, 0) is 44.2 Å². The number of carbonyl (C=O) groups excluding carboxylic acids is 1. The van der Waals surface area contributed by atoms with E-state index in [1.807, 2.05) is 0 Å². The van der Waals surface area contributed by atoms with Crippen molar-refractivity contribution in [2.75, 3.05) is 6.61 Å². The maximum atomic E-state index is 13.3. The lowest BCUT2D eigenvalue weighted by atomic mass is 9.60. The number of aliphatic hydroxyl groups is 1. The second-order valence-electron chi connectivity index (χ2n) is 6.65. The van der Waals surface area contributed by atoms with Crippen LogP contribution in [-0.4, -0.2) is 34.8 Å². The number of hydrogen-bond acceptors (Lipinski definition) is 4. The van der Waals surface area contributed by atoms with Gasteiger partial charge < -0.3 is 20.9 Å². The molecule has 2 bridgehead atoms. The molecule has 0 spiro atoms. The number of rotatable bonds is 4. The smallest absolute Gasteiger partial charge is 0.258 e. The number of ether oxygens (including phenoxy) is 1. The van der Waals surface area contributed by atoms with Crippen molar-refractivity contribution in [2.45, 2.75) is 49.3 Å². The Kier molecular flexibility index (Phi) is 5.64. The van der Waals surface area contributed by atoms with Gasteiger partial charge in [0.05, 0.1) is 11.1 Å². The third-order valence-electron chi connectivity index (χ3n) is 5.05. The van der Waals surface area contributed by atoms with Crippen LogP contribution in [0.5, 0.6) is 5.75 Å². The Morgan fingerprint density at radius 1 is 1.42 bits per heavy atom. The van der Waals surface area contributed by atoms with Crippen LogP contribution >= 0.6 is 24.0 Å². The number of amides is 1. The Hall–Kier alpha value is -1.08. The van der Waals surface area contributed by atoms with Crippen LogP contribution in [0.2, 0.25) is 5.02 Å². The summed E-state index contributed by atoms with van der Waals surface area (Å²) in [6.07, 6.45) is 2.75. The van der Waals surface area contributed by atoms with Gasteiger partial charge in [0.2, 0.25) is 0 Å². The first-order chi connectivity index (χ1) is 10.8. The van der Waals surface area contributed by atoms with Crippen molar-refractivity contribution in [3.8, 4) is 5.75 Å². The van der Waals surface area contributed by atoms with Crippen molar-refractivity contribution in [1.82, 2.24) is 5.32 Å². The van der Waals surface area contributed by atoms with E-state index in [4.69, 9.17) is 22.1 Å². The molecule has 1 aromatic carbocycles. The largest absolute Gasteiger partial charge is 0.484 e. The standard InChI is InChI=1S/C16H20ClFN2O3.ClH/c17-11-2-1-10(7-12(11)18)23-9-14(22)20-15-3-5-16(19,6-4-15)13(21)8-15;/h1-2,7,13,21H,3-6,8-9,19H2,(H,20,22);1H.